The summed E-state index contributed by atoms with van der Waals surface area (Å²) in [4.78, 5) is 10.5. The number of esters is 1. The van der Waals surface area contributed by atoms with Gasteiger partial charge >= 0.3 is 5.97 Å². The zero-order chi connectivity index (χ0) is 8.97. The number of carbonyl (C=O) groups excluding carboxylic acids is 1. The van der Waals surface area contributed by atoms with Crippen LogP contribution in [0.2, 0.25) is 0 Å². The van der Waals surface area contributed by atoms with Crippen LogP contribution in [0.5, 0.6) is 0 Å². The normalized spacial score (nSPS) is 9.83. The van der Waals surface area contributed by atoms with Gasteiger partial charge in [-0.25, -0.2) is 0 Å². The highest BCUT2D eigenvalue weighted by Crippen LogP contribution is 2.11. The first kappa shape index (κ1) is 8.84. The van der Waals surface area contributed by atoms with Crippen molar-refractivity contribution in [2.45, 2.75) is 26.9 Å². The van der Waals surface area contributed by atoms with Crippen LogP contribution in [0, 0.1) is 0 Å². The summed E-state index contributed by atoms with van der Waals surface area (Å²) in [7, 11) is 0. The molecule has 0 radical (unpaired) electrons. The van der Waals surface area contributed by atoms with Crippen LogP contribution in [-0.2, 0) is 22.6 Å². The SMILES string of the molecule is CCc1cocc1COC(C)=O. The van der Waals surface area contributed by atoms with Gasteiger partial charge in [0.05, 0.1) is 12.5 Å². The summed E-state index contributed by atoms with van der Waals surface area (Å²) < 4.78 is 9.81. The Morgan fingerprint density at radius 1 is 1.50 bits per heavy atom. The molecular formula is C9H12O3. The Morgan fingerprint density at radius 2 is 2.17 bits per heavy atom. The molecule has 12 heavy (non-hydrogen) atoms. The molecule has 0 N–H and O–H groups in total. The molecule has 1 aromatic heterocycles. The van der Waals surface area contributed by atoms with E-state index in [4.69, 9.17) is 9.15 Å². The van der Waals surface area contributed by atoms with E-state index in [-0.39, 0.29) is 5.97 Å². The Balaban J connectivity index is 2.56. The number of carbonyl (C=O) groups is 1. The van der Waals surface area contributed by atoms with Gasteiger partial charge in [-0.05, 0) is 12.0 Å². The van der Waals surface area contributed by atoms with Gasteiger partial charge in [-0.3, -0.25) is 4.79 Å². The average Bonchev–Trinajstić information content (AvgIpc) is 2.47. The van der Waals surface area contributed by atoms with Crippen molar-refractivity contribution in [2.75, 3.05) is 0 Å². The smallest absolute Gasteiger partial charge is 0.302 e. The summed E-state index contributed by atoms with van der Waals surface area (Å²) in [6, 6.07) is 0. The molecule has 66 valence electrons. The number of ether oxygens (including phenoxy) is 1. The van der Waals surface area contributed by atoms with Crippen molar-refractivity contribution in [3.05, 3.63) is 23.7 Å². The van der Waals surface area contributed by atoms with Crippen molar-refractivity contribution in [1.29, 1.82) is 0 Å². The Kier molecular flexibility index (Phi) is 2.91. The van der Waals surface area contributed by atoms with Gasteiger partial charge in [-0.2, -0.15) is 0 Å². The molecule has 0 fully saturated rings. The van der Waals surface area contributed by atoms with Gasteiger partial charge in [0.25, 0.3) is 0 Å². The van der Waals surface area contributed by atoms with Crippen LogP contribution in [0.15, 0.2) is 16.9 Å². The van der Waals surface area contributed by atoms with Gasteiger partial charge in [-0.15, -0.1) is 0 Å². The molecule has 1 rings (SSSR count). The van der Waals surface area contributed by atoms with Gasteiger partial charge in [0.15, 0.2) is 0 Å². The summed E-state index contributed by atoms with van der Waals surface area (Å²) in [5.74, 6) is -0.266. The van der Waals surface area contributed by atoms with E-state index in [2.05, 4.69) is 0 Å². The number of hydrogen-bond acceptors (Lipinski definition) is 3. The van der Waals surface area contributed by atoms with Crippen molar-refractivity contribution >= 4 is 5.97 Å². The molecule has 0 aromatic carbocycles. The van der Waals surface area contributed by atoms with Crippen molar-refractivity contribution < 1.29 is 13.9 Å². The third kappa shape index (κ3) is 2.12. The minimum absolute atomic E-state index is 0.266. The molecule has 0 bridgehead atoms. The lowest BCUT2D eigenvalue weighted by atomic mass is 10.2. The first-order chi connectivity index (χ1) is 5.74. The van der Waals surface area contributed by atoms with Crippen LogP contribution in [0.4, 0.5) is 0 Å². The van der Waals surface area contributed by atoms with Gasteiger partial charge in [0, 0.05) is 12.5 Å². The molecule has 0 spiro atoms. The predicted molar refractivity (Wildman–Crippen MR) is 43.6 cm³/mol. The average molecular weight is 168 g/mol. The first-order valence-corrected chi connectivity index (χ1v) is 3.91. The Morgan fingerprint density at radius 3 is 2.75 bits per heavy atom. The van der Waals surface area contributed by atoms with Gasteiger partial charge in [0.2, 0.25) is 0 Å². The molecule has 0 saturated carbocycles. The number of rotatable bonds is 3. The zero-order valence-corrected chi connectivity index (χ0v) is 7.29. The Labute approximate surface area is 71.3 Å². The molecule has 3 nitrogen and oxygen atoms in total. The summed E-state index contributed by atoms with van der Waals surface area (Å²) in [5, 5.41) is 0. The molecule has 1 aromatic rings. The minimum atomic E-state index is -0.266. The van der Waals surface area contributed by atoms with Crippen LogP contribution in [-0.4, -0.2) is 5.97 Å². The second-order valence-electron chi connectivity index (χ2n) is 2.56. The fourth-order valence-electron chi connectivity index (χ4n) is 0.966. The number of aryl methyl sites for hydroxylation is 1. The molecule has 0 aliphatic carbocycles. The molecule has 0 amide bonds. The lowest BCUT2D eigenvalue weighted by Crippen LogP contribution is -1.99. The minimum Gasteiger partial charge on any atom is -0.472 e. The number of furan rings is 1. The van der Waals surface area contributed by atoms with Crippen LogP contribution >= 0.6 is 0 Å². The largest absolute Gasteiger partial charge is 0.472 e. The molecule has 3 heteroatoms. The van der Waals surface area contributed by atoms with Crippen LogP contribution in [0.25, 0.3) is 0 Å². The summed E-state index contributed by atoms with van der Waals surface area (Å²) >= 11 is 0. The Bertz CT molecular complexity index is 262. The van der Waals surface area contributed by atoms with E-state index in [0.29, 0.717) is 6.61 Å². The Hall–Kier alpha value is -1.25. The van der Waals surface area contributed by atoms with Crippen molar-refractivity contribution in [3.8, 4) is 0 Å². The molecule has 0 saturated heterocycles. The lowest BCUT2D eigenvalue weighted by molar-refractivity contribution is -0.142. The lowest BCUT2D eigenvalue weighted by Gasteiger charge is -1.99. The van der Waals surface area contributed by atoms with Crippen LogP contribution < -0.4 is 0 Å². The fourth-order valence-corrected chi connectivity index (χ4v) is 0.966. The zero-order valence-electron chi connectivity index (χ0n) is 7.29. The van der Waals surface area contributed by atoms with Crippen LogP contribution in [0.1, 0.15) is 25.0 Å². The highest BCUT2D eigenvalue weighted by molar-refractivity contribution is 5.65. The maximum absolute atomic E-state index is 10.5. The molecule has 0 unspecified atom stereocenters. The fraction of sp³-hybridized carbons (Fsp3) is 0.444. The van der Waals surface area contributed by atoms with Crippen molar-refractivity contribution in [3.63, 3.8) is 0 Å². The van der Waals surface area contributed by atoms with E-state index < -0.39 is 0 Å². The second-order valence-corrected chi connectivity index (χ2v) is 2.56. The van der Waals surface area contributed by atoms with E-state index in [1.165, 1.54) is 6.92 Å². The molecule has 0 atom stereocenters. The summed E-state index contributed by atoms with van der Waals surface area (Å²) in [6.07, 6.45) is 4.19. The van der Waals surface area contributed by atoms with Crippen molar-refractivity contribution in [1.82, 2.24) is 0 Å². The first-order valence-electron chi connectivity index (χ1n) is 3.91. The number of hydrogen-bond donors (Lipinski definition) is 0. The van der Waals surface area contributed by atoms with E-state index >= 15 is 0 Å². The molecule has 0 aliphatic heterocycles. The monoisotopic (exact) mass is 168 g/mol. The quantitative estimate of drug-likeness (QED) is 0.647. The molecular weight excluding hydrogens is 156 g/mol. The van der Waals surface area contributed by atoms with E-state index in [1.54, 1.807) is 12.5 Å². The van der Waals surface area contributed by atoms with E-state index in [1.807, 2.05) is 6.92 Å². The second kappa shape index (κ2) is 3.95. The highest BCUT2D eigenvalue weighted by Gasteiger charge is 2.04. The van der Waals surface area contributed by atoms with Crippen LogP contribution in [0.3, 0.4) is 0 Å². The maximum atomic E-state index is 10.5. The third-order valence-corrected chi connectivity index (χ3v) is 1.64. The third-order valence-electron chi connectivity index (χ3n) is 1.64. The maximum Gasteiger partial charge on any atom is 0.302 e. The standard InChI is InChI=1S/C9H12O3/c1-3-8-4-11-5-9(8)6-12-7(2)10/h4-5H,3,6H2,1-2H3. The van der Waals surface area contributed by atoms with E-state index in [9.17, 15) is 4.79 Å². The van der Waals surface area contributed by atoms with Gasteiger partial charge in [0.1, 0.15) is 6.61 Å². The molecule has 0 aliphatic rings. The van der Waals surface area contributed by atoms with Crippen molar-refractivity contribution in [2.24, 2.45) is 0 Å². The highest BCUT2D eigenvalue weighted by atomic mass is 16.5. The van der Waals surface area contributed by atoms with E-state index in [0.717, 1.165) is 17.5 Å². The topological polar surface area (TPSA) is 39.4 Å². The predicted octanol–water partition coefficient (Wildman–Crippen LogP) is 1.91. The summed E-state index contributed by atoms with van der Waals surface area (Å²) in [5.41, 5.74) is 2.05. The molecule has 1 heterocycles. The van der Waals surface area contributed by atoms with Gasteiger partial charge < -0.3 is 9.15 Å². The van der Waals surface area contributed by atoms with Gasteiger partial charge in [-0.1, -0.05) is 6.92 Å². The summed E-state index contributed by atoms with van der Waals surface area (Å²) in [6.45, 7) is 3.74.